The lowest BCUT2D eigenvalue weighted by Gasteiger charge is -2.69. The molecule has 282 valence electrons. The summed E-state index contributed by atoms with van der Waals surface area (Å²) in [6.07, 6.45) is 16.4. The fraction of sp³-hybridized carbons (Fsp3) is 0.977. The Morgan fingerprint density at radius 3 is 2.20 bits per heavy atom. The van der Waals surface area contributed by atoms with E-state index in [9.17, 15) is 15.0 Å². The smallest absolute Gasteiger partial charge is 0.309 e. The lowest BCUT2D eigenvalue weighted by atomic mass is 9.36. The zero-order valence-corrected chi connectivity index (χ0v) is 34.8. The highest BCUT2D eigenvalue weighted by Crippen LogP contribution is 2.74. The Morgan fingerprint density at radius 2 is 1.55 bits per heavy atom. The molecule has 7 aliphatic rings. The zero-order chi connectivity index (χ0) is 35.7. The van der Waals surface area contributed by atoms with Crippen LogP contribution in [-0.4, -0.2) is 52.1 Å². The minimum Gasteiger partial charge on any atom is -0.481 e. The van der Waals surface area contributed by atoms with Gasteiger partial charge in [0.1, 0.15) is 0 Å². The summed E-state index contributed by atoms with van der Waals surface area (Å²) in [5.41, 5.74) is 0.335. The van der Waals surface area contributed by atoms with Gasteiger partial charge in [0.2, 0.25) is 0 Å². The number of aliphatic hydroxyl groups is 1. The molecule has 0 spiro atoms. The fourth-order valence-corrected chi connectivity index (χ4v) is 14.7. The molecule has 6 heteroatoms. The highest BCUT2D eigenvalue weighted by Gasteiger charge is 2.68. The van der Waals surface area contributed by atoms with Crippen molar-refractivity contribution in [2.24, 2.45) is 80.8 Å². The molecule has 7 rings (SSSR count). The van der Waals surface area contributed by atoms with Crippen molar-refractivity contribution in [2.75, 3.05) is 11.5 Å². The third kappa shape index (κ3) is 6.53. The van der Waals surface area contributed by atoms with Crippen LogP contribution in [0.3, 0.4) is 0 Å². The van der Waals surface area contributed by atoms with Gasteiger partial charge in [0.05, 0.1) is 36.4 Å². The maximum absolute atomic E-state index is 13.0. The van der Waals surface area contributed by atoms with Crippen LogP contribution in [0.2, 0.25) is 0 Å². The molecule has 1 saturated heterocycles. The van der Waals surface area contributed by atoms with Gasteiger partial charge < -0.3 is 19.7 Å². The Morgan fingerprint density at radius 1 is 0.878 bits per heavy atom. The summed E-state index contributed by atoms with van der Waals surface area (Å²) in [6, 6.07) is 0. The van der Waals surface area contributed by atoms with Crippen LogP contribution >= 0.6 is 22.6 Å². The molecule has 2 N–H and O–H groups in total. The van der Waals surface area contributed by atoms with E-state index in [1.54, 1.807) is 0 Å². The Kier molecular flexibility index (Phi) is 11.4. The number of fused-ring (bicyclic) bond motifs is 7. The molecule has 49 heavy (non-hydrogen) atoms. The molecule has 0 aromatic rings. The molecule has 6 saturated carbocycles. The fourth-order valence-electron chi connectivity index (χ4n) is 14.7. The first-order valence-electron chi connectivity index (χ1n) is 20.7. The van der Waals surface area contributed by atoms with Crippen molar-refractivity contribution in [1.29, 1.82) is 0 Å². The highest BCUT2D eigenvalue weighted by molar-refractivity contribution is 14.1. The van der Waals surface area contributed by atoms with Crippen LogP contribution in [0.5, 0.6) is 0 Å². The summed E-state index contributed by atoms with van der Waals surface area (Å²) in [5, 5.41) is 21.0. The van der Waals surface area contributed by atoms with Gasteiger partial charge in [-0.1, -0.05) is 71.1 Å². The zero-order valence-electron chi connectivity index (χ0n) is 32.7. The average molecular weight is 797 g/mol. The lowest BCUT2D eigenvalue weighted by molar-refractivity contribution is -0.226. The molecule has 6 aliphatic carbocycles. The van der Waals surface area contributed by atoms with Crippen molar-refractivity contribution in [3.05, 3.63) is 0 Å². The van der Waals surface area contributed by atoms with Gasteiger partial charge in [0, 0.05) is 0 Å². The third-order valence-corrected chi connectivity index (χ3v) is 17.4. The minimum absolute atomic E-state index is 0.0675. The van der Waals surface area contributed by atoms with Gasteiger partial charge >= 0.3 is 5.97 Å². The molecule has 13 unspecified atom stereocenters. The van der Waals surface area contributed by atoms with Crippen LogP contribution in [0.4, 0.5) is 0 Å². The van der Waals surface area contributed by atoms with Gasteiger partial charge in [-0.3, -0.25) is 4.79 Å². The van der Waals surface area contributed by atoms with Crippen molar-refractivity contribution in [1.82, 2.24) is 0 Å². The van der Waals surface area contributed by atoms with Crippen LogP contribution < -0.4 is 0 Å². The number of carboxylic acids is 1. The Hall–Kier alpha value is 0.0800. The number of carboxylic acid groups (broad SMARTS) is 1. The number of hydrogen-bond acceptors (Lipinski definition) is 4. The van der Waals surface area contributed by atoms with Crippen molar-refractivity contribution in [3.8, 4) is 0 Å². The topological polar surface area (TPSA) is 76.0 Å². The maximum Gasteiger partial charge on any atom is 0.309 e. The van der Waals surface area contributed by atoms with Crippen LogP contribution in [0.1, 0.15) is 145 Å². The van der Waals surface area contributed by atoms with Gasteiger partial charge in [-0.25, -0.2) is 0 Å². The second-order valence-corrected chi connectivity index (χ2v) is 20.2. The van der Waals surface area contributed by atoms with E-state index >= 15 is 0 Å². The van der Waals surface area contributed by atoms with Crippen LogP contribution in [0.15, 0.2) is 0 Å². The number of hydrogen-bond donors (Lipinski definition) is 2. The first-order chi connectivity index (χ1) is 23.1. The van der Waals surface area contributed by atoms with Crippen LogP contribution in [-0.2, 0) is 14.3 Å². The van der Waals surface area contributed by atoms with E-state index in [1.165, 1.54) is 44.9 Å². The number of rotatable bonds is 8. The number of halogens is 1. The molecule has 0 aromatic heterocycles. The quantitative estimate of drug-likeness (QED) is 0.189. The van der Waals surface area contributed by atoms with Crippen molar-refractivity contribution < 1.29 is 24.5 Å². The monoisotopic (exact) mass is 796 g/mol. The van der Waals surface area contributed by atoms with Gasteiger partial charge in [-0.15, -0.1) is 0 Å². The first-order valence-corrected chi connectivity index (χ1v) is 22.9. The summed E-state index contributed by atoms with van der Waals surface area (Å²) >= 11 is 2.15. The molecular weight excluding hydrogens is 723 g/mol. The van der Waals surface area contributed by atoms with E-state index in [-0.39, 0.29) is 23.7 Å². The van der Waals surface area contributed by atoms with E-state index in [2.05, 4.69) is 71.1 Å². The largest absolute Gasteiger partial charge is 0.481 e. The van der Waals surface area contributed by atoms with Gasteiger partial charge in [-0.05, 0) is 177 Å². The molecular formula is C43H73IO5. The first kappa shape index (κ1) is 38.8. The Bertz CT molecular complexity index is 1170. The standard InChI is InChI=1S/C42H70O5.CH3I/c1-24(2)29-13-19-42(38(44)45)20-14-31-30(37(29)42)11-12-35-40(31,7)17-15-34-39(5,6)36(16-18-41(34,35)8)46-23-28(27-9-10-27)22-33-25(3)21-32(43)26(4)47-33;1-2/h24-37,43H,9-23H2,1-8H3,(H,44,45);1H3/t25?,26-,28?,29?,30?,31?,32-,33?,34?,35?,36?,37?,40?,41?,42?;/m0./s1. The normalized spacial score (nSPS) is 49.4. The molecule has 7 fully saturated rings. The number of aliphatic carboxylic acids is 1. The predicted octanol–water partition coefficient (Wildman–Crippen LogP) is 10.4. The predicted molar refractivity (Wildman–Crippen MR) is 207 cm³/mol. The molecule has 0 aromatic carbocycles. The molecule has 5 nitrogen and oxygen atoms in total. The molecule has 1 aliphatic heterocycles. The molecule has 0 bridgehead atoms. The van der Waals surface area contributed by atoms with E-state index < -0.39 is 11.4 Å². The summed E-state index contributed by atoms with van der Waals surface area (Å²) in [5.74, 6) is 5.44. The average Bonchev–Trinajstić information content (AvgIpc) is 3.81. The molecule has 1 heterocycles. The summed E-state index contributed by atoms with van der Waals surface area (Å²) < 4.78 is 13.4. The van der Waals surface area contributed by atoms with E-state index in [0.29, 0.717) is 64.3 Å². The van der Waals surface area contributed by atoms with Crippen molar-refractivity contribution >= 4 is 28.6 Å². The van der Waals surface area contributed by atoms with Gasteiger partial charge in [-0.2, -0.15) is 0 Å². The van der Waals surface area contributed by atoms with Crippen LogP contribution in [0, 0.1) is 80.8 Å². The van der Waals surface area contributed by atoms with Crippen LogP contribution in [0.25, 0.3) is 0 Å². The van der Waals surface area contributed by atoms with E-state index in [1.807, 2.05) is 11.9 Å². The Labute approximate surface area is 313 Å². The number of carbonyl (C=O) groups is 1. The Balaban J connectivity index is 0.00000205. The SMILES string of the molecule is CC(C)C1CCC2(C(=O)O)CCC3C(CCC4C3(C)CCC3C(C)(C)C(OCC(CC5O[C@@H](C)[C@@H](O)CC5C)C5CC5)CCC34C)C12.CI. The van der Waals surface area contributed by atoms with Gasteiger partial charge in [0.15, 0.2) is 0 Å². The molecule has 0 amide bonds. The third-order valence-electron chi connectivity index (χ3n) is 17.4. The lowest BCUT2D eigenvalue weighted by Crippen LogP contribution is -2.64. The van der Waals surface area contributed by atoms with E-state index in [0.717, 1.165) is 63.4 Å². The van der Waals surface area contributed by atoms with E-state index in [4.69, 9.17) is 9.47 Å². The summed E-state index contributed by atoms with van der Waals surface area (Å²) in [7, 11) is 0. The number of aliphatic hydroxyl groups excluding tert-OH is 1. The van der Waals surface area contributed by atoms with Crippen molar-refractivity contribution in [2.45, 2.75) is 170 Å². The summed E-state index contributed by atoms with van der Waals surface area (Å²) in [6.45, 7) is 20.3. The number of ether oxygens (including phenoxy) is 2. The molecule has 15 atom stereocenters. The molecule has 0 radical (unpaired) electrons. The minimum atomic E-state index is -0.481. The van der Waals surface area contributed by atoms with Gasteiger partial charge in [0.25, 0.3) is 0 Å². The summed E-state index contributed by atoms with van der Waals surface area (Å²) in [4.78, 5) is 14.9. The number of alkyl halides is 1. The second-order valence-electron chi connectivity index (χ2n) is 20.2. The second kappa shape index (κ2) is 14.4. The highest BCUT2D eigenvalue weighted by atomic mass is 127. The maximum atomic E-state index is 13.0. The van der Waals surface area contributed by atoms with Crippen molar-refractivity contribution in [3.63, 3.8) is 0 Å².